The van der Waals surface area contributed by atoms with Crippen molar-refractivity contribution in [1.29, 1.82) is 0 Å². The van der Waals surface area contributed by atoms with E-state index in [4.69, 9.17) is 10.9 Å². The van der Waals surface area contributed by atoms with Gasteiger partial charge < -0.3 is 26.0 Å². The summed E-state index contributed by atoms with van der Waals surface area (Å²) in [6, 6.07) is 0. The molecular weight excluding hydrogens is 240 g/mol. The third-order valence-corrected chi connectivity index (χ3v) is 2.85. The molecule has 9 heteroatoms. The van der Waals surface area contributed by atoms with Crippen LogP contribution in [0.25, 0.3) is 0 Å². The first-order valence-corrected chi connectivity index (χ1v) is 5.51. The Morgan fingerprint density at radius 1 is 1.44 bits per heavy atom. The summed E-state index contributed by atoms with van der Waals surface area (Å²) in [6.45, 7) is 3.11. The zero-order valence-corrected chi connectivity index (χ0v) is 9.96. The van der Waals surface area contributed by atoms with Crippen LogP contribution < -0.4 is 16.2 Å². The number of nitrogens with zero attached hydrogens (tertiary/aromatic N) is 4. The van der Waals surface area contributed by atoms with Crippen LogP contribution in [0.15, 0.2) is 4.79 Å². The number of hydrogen-bond acceptors (Lipinski definition) is 8. The van der Waals surface area contributed by atoms with Crippen LogP contribution in [-0.4, -0.2) is 51.7 Å². The number of nitrogen functional groups attached to an aromatic ring is 1. The summed E-state index contributed by atoms with van der Waals surface area (Å²) in [5.41, 5.74) is 5.76. The quantitative estimate of drug-likeness (QED) is 0.568. The molecule has 18 heavy (non-hydrogen) atoms. The minimum Gasteiger partial charge on any atom is -0.748 e. The average Bonchev–Trinajstić information content (AvgIpc) is 2.28. The van der Waals surface area contributed by atoms with Gasteiger partial charge in [-0.05, 0) is 6.92 Å². The number of hydrazine groups is 1. The standard InChI is InChI=1S/C9H15N6O3/c1-6-11-8(10)7(9(16)12-6)13-2-4-14(5-3-13)15(17)18/h17H,2-5H2,1H3,(H3,10,11,12,16)/q-1. The van der Waals surface area contributed by atoms with Crippen LogP contribution >= 0.6 is 0 Å². The molecule has 2 rings (SSSR count). The normalized spacial score (nSPS) is 17.4. The molecule has 0 aliphatic carbocycles. The van der Waals surface area contributed by atoms with Gasteiger partial charge in [-0.3, -0.25) is 4.79 Å². The molecule has 9 nitrogen and oxygen atoms in total. The van der Waals surface area contributed by atoms with Crippen molar-refractivity contribution in [3.63, 3.8) is 0 Å². The summed E-state index contributed by atoms with van der Waals surface area (Å²) in [5.74, 6) is 0.633. The van der Waals surface area contributed by atoms with E-state index >= 15 is 0 Å². The summed E-state index contributed by atoms with van der Waals surface area (Å²) in [4.78, 5) is 20.2. The van der Waals surface area contributed by atoms with Crippen molar-refractivity contribution in [2.24, 2.45) is 0 Å². The smallest absolute Gasteiger partial charge is 0.276 e. The number of nitrogens with one attached hydrogen (secondary N) is 1. The second kappa shape index (κ2) is 4.90. The first-order valence-electron chi connectivity index (χ1n) is 5.51. The number of piperazine rings is 1. The molecule has 1 aromatic rings. The van der Waals surface area contributed by atoms with Gasteiger partial charge in [-0.1, -0.05) is 0 Å². The van der Waals surface area contributed by atoms with E-state index in [-0.39, 0.29) is 16.7 Å². The van der Waals surface area contributed by atoms with Gasteiger partial charge in [-0.15, -0.1) is 0 Å². The van der Waals surface area contributed by atoms with Crippen LogP contribution in [0.3, 0.4) is 0 Å². The summed E-state index contributed by atoms with van der Waals surface area (Å²) >= 11 is 0. The van der Waals surface area contributed by atoms with Gasteiger partial charge in [0, 0.05) is 26.2 Å². The summed E-state index contributed by atoms with van der Waals surface area (Å²) < 4.78 is 0. The van der Waals surface area contributed by atoms with E-state index in [0.29, 0.717) is 37.7 Å². The fraction of sp³-hybridized carbons (Fsp3) is 0.556. The highest BCUT2D eigenvalue weighted by Crippen LogP contribution is 2.17. The van der Waals surface area contributed by atoms with Crippen molar-refractivity contribution >= 4 is 11.5 Å². The van der Waals surface area contributed by atoms with Crippen molar-refractivity contribution in [1.82, 2.24) is 20.3 Å². The lowest BCUT2D eigenvalue weighted by Crippen LogP contribution is -2.52. The van der Waals surface area contributed by atoms with E-state index in [1.54, 1.807) is 11.8 Å². The summed E-state index contributed by atoms with van der Waals surface area (Å²) in [5, 5.41) is 20.5. The molecule has 1 saturated heterocycles. The van der Waals surface area contributed by atoms with Crippen LogP contribution in [0, 0.1) is 12.1 Å². The molecule has 0 radical (unpaired) electrons. The Morgan fingerprint density at radius 2 is 2.06 bits per heavy atom. The molecule has 0 bridgehead atoms. The zero-order chi connectivity index (χ0) is 13.3. The SMILES string of the molecule is Cc1nc(N)c(N2CCN(N([O-])O)CC2)c(=O)[nH]1. The van der Waals surface area contributed by atoms with Gasteiger partial charge >= 0.3 is 0 Å². The van der Waals surface area contributed by atoms with E-state index in [9.17, 15) is 10.0 Å². The van der Waals surface area contributed by atoms with E-state index in [0.717, 1.165) is 0 Å². The fourth-order valence-corrected chi connectivity index (χ4v) is 2.00. The second-order valence-corrected chi connectivity index (χ2v) is 4.08. The molecule has 0 spiro atoms. The Bertz CT molecular complexity index is 480. The van der Waals surface area contributed by atoms with Crippen molar-refractivity contribution < 1.29 is 5.21 Å². The van der Waals surface area contributed by atoms with E-state index in [2.05, 4.69) is 9.97 Å². The zero-order valence-electron chi connectivity index (χ0n) is 9.96. The molecule has 1 fully saturated rings. The van der Waals surface area contributed by atoms with Crippen LogP contribution in [-0.2, 0) is 0 Å². The van der Waals surface area contributed by atoms with Gasteiger partial charge in [0.15, 0.2) is 5.82 Å². The summed E-state index contributed by atoms with van der Waals surface area (Å²) in [7, 11) is 0. The lowest BCUT2D eigenvalue weighted by atomic mass is 10.3. The molecule has 0 unspecified atom stereocenters. The Hall–Kier alpha value is -1.68. The number of rotatable bonds is 2. The Morgan fingerprint density at radius 3 is 2.56 bits per heavy atom. The van der Waals surface area contributed by atoms with E-state index < -0.39 is 0 Å². The van der Waals surface area contributed by atoms with Crippen molar-refractivity contribution in [2.75, 3.05) is 36.8 Å². The van der Waals surface area contributed by atoms with E-state index in [1.165, 1.54) is 5.01 Å². The first-order chi connectivity index (χ1) is 8.49. The molecule has 1 aliphatic heterocycles. The maximum Gasteiger partial charge on any atom is 0.276 e. The van der Waals surface area contributed by atoms with E-state index in [1.807, 2.05) is 0 Å². The number of nitrogens with two attached hydrogens (primary N) is 1. The van der Waals surface area contributed by atoms with Crippen LogP contribution in [0.1, 0.15) is 5.82 Å². The number of hydrogen-bond donors (Lipinski definition) is 3. The van der Waals surface area contributed by atoms with Gasteiger partial charge in [0.05, 0.1) is 0 Å². The second-order valence-electron chi connectivity index (χ2n) is 4.08. The number of aryl methyl sites for hydroxylation is 1. The minimum atomic E-state index is -0.295. The molecule has 0 atom stereocenters. The molecule has 2 heterocycles. The molecule has 1 aliphatic rings. The average molecular weight is 255 g/mol. The molecule has 0 aromatic carbocycles. The largest absolute Gasteiger partial charge is 0.748 e. The Balaban J connectivity index is 2.18. The first kappa shape index (κ1) is 12.8. The maximum atomic E-state index is 11.8. The third-order valence-electron chi connectivity index (χ3n) is 2.85. The maximum absolute atomic E-state index is 11.8. The van der Waals surface area contributed by atoms with Crippen LogP contribution in [0.4, 0.5) is 11.5 Å². The fourth-order valence-electron chi connectivity index (χ4n) is 2.00. The topological polar surface area (TPSA) is 125 Å². The van der Waals surface area contributed by atoms with Gasteiger partial charge in [0.2, 0.25) is 0 Å². The Kier molecular flexibility index (Phi) is 3.48. The lowest BCUT2D eigenvalue weighted by molar-refractivity contribution is -0.207. The highest BCUT2D eigenvalue weighted by atomic mass is 16.8. The van der Waals surface area contributed by atoms with Gasteiger partial charge in [-0.25, -0.2) is 9.99 Å². The molecule has 4 N–H and O–H groups in total. The number of aromatic amines is 1. The van der Waals surface area contributed by atoms with Gasteiger partial charge in [0.1, 0.15) is 11.5 Å². The third kappa shape index (κ3) is 2.43. The number of H-pyrrole nitrogens is 1. The highest BCUT2D eigenvalue weighted by molar-refractivity contribution is 5.62. The van der Waals surface area contributed by atoms with Gasteiger partial charge in [0.25, 0.3) is 5.56 Å². The number of aromatic nitrogens is 2. The molecule has 100 valence electrons. The van der Waals surface area contributed by atoms with Crippen LogP contribution in [0.2, 0.25) is 0 Å². The molecular formula is C9H15N6O3-. The van der Waals surface area contributed by atoms with Crippen molar-refractivity contribution in [2.45, 2.75) is 6.92 Å². The number of anilines is 2. The predicted octanol–water partition coefficient (Wildman–Crippen LogP) is -1.11. The minimum absolute atomic E-state index is 0.174. The van der Waals surface area contributed by atoms with Crippen LogP contribution in [0.5, 0.6) is 0 Å². The molecule has 1 aromatic heterocycles. The lowest BCUT2D eigenvalue weighted by Gasteiger charge is -2.41. The predicted molar refractivity (Wildman–Crippen MR) is 64.8 cm³/mol. The monoisotopic (exact) mass is 255 g/mol. The van der Waals surface area contributed by atoms with Gasteiger partial charge in [-0.2, -0.15) is 5.34 Å². The van der Waals surface area contributed by atoms with Crippen molar-refractivity contribution in [3.8, 4) is 0 Å². The molecule has 0 saturated carbocycles. The van der Waals surface area contributed by atoms with Crippen molar-refractivity contribution in [3.05, 3.63) is 21.4 Å². The Labute approximate surface area is 103 Å². The molecule has 0 amide bonds. The highest BCUT2D eigenvalue weighted by Gasteiger charge is 2.22. The summed E-state index contributed by atoms with van der Waals surface area (Å²) in [6.07, 6.45) is 0.